The van der Waals surface area contributed by atoms with E-state index in [4.69, 9.17) is 10.2 Å². The second-order valence-electron chi connectivity index (χ2n) is 4.25. The van der Waals surface area contributed by atoms with Crippen molar-refractivity contribution >= 4 is 11.9 Å². The summed E-state index contributed by atoms with van der Waals surface area (Å²) in [4.78, 5) is 22.3. The lowest BCUT2D eigenvalue weighted by molar-refractivity contribution is -0.158. The summed E-state index contributed by atoms with van der Waals surface area (Å²) in [6.45, 7) is 3.47. The van der Waals surface area contributed by atoms with Crippen LogP contribution in [0.5, 0.6) is 0 Å². The van der Waals surface area contributed by atoms with E-state index in [1.807, 2.05) is 6.07 Å². The molecule has 4 heteroatoms. The molecule has 1 rings (SSSR count). The van der Waals surface area contributed by atoms with Crippen LogP contribution in [-0.2, 0) is 15.0 Å². The van der Waals surface area contributed by atoms with Crippen LogP contribution in [0.2, 0.25) is 0 Å². The van der Waals surface area contributed by atoms with E-state index in [0.29, 0.717) is 6.42 Å². The molecule has 0 aliphatic heterocycles. The fraction of sp³-hybridized carbons (Fsp3) is 0.385. The van der Waals surface area contributed by atoms with Crippen molar-refractivity contribution in [2.45, 2.75) is 25.7 Å². The molecule has 2 N–H and O–H groups in total. The van der Waals surface area contributed by atoms with Gasteiger partial charge in [0.05, 0.1) is 0 Å². The lowest BCUT2D eigenvalue weighted by Crippen LogP contribution is -2.42. The maximum absolute atomic E-state index is 11.1. The molecular weight excluding hydrogens is 220 g/mol. The highest BCUT2D eigenvalue weighted by molar-refractivity contribution is 5.94. The van der Waals surface area contributed by atoms with Crippen LogP contribution in [0.15, 0.2) is 30.3 Å². The Bertz CT molecular complexity index is 399. The molecule has 0 fully saturated rings. The quantitative estimate of drug-likeness (QED) is 0.768. The van der Waals surface area contributed by atoms with E-state index in [-0.39, 0.29) is 0 Å². The van der Waals surface area contributed by atoms with Gasteiger partial charge in [0.1, 0.15) is 0 Å². The van der Waals surface area contributed by atoms with Gasteiger partial charge in [0.15, 0.2) is 5.92 Å². The summed E-state index contributed by atoms with van der Waals surface area (Å²) in [6, 6.07) is 8.91. The summed E-state index contributed by atoms with van der Waals surface area (Å²) in [5.41, 5.74) is -0.170. The Hall–Kier alpha value is -1.84. The standard InChI is InChI=1S/C13H16O4/c1-3-13(2,9-7-5-4-6-8-9)10(11(14)15)12(16)17/h4-8,10H,3H2,1-2H3,(H,14,15)(H,16,17). The van der Waals surface area contributed by atoms with Gasteiger partial charge < -0.3 is 10.2 Å². The van der Waals surface area contributed by atoms with Crippen molar-refractivity contribution in [3.05, 3.63) is 35.9 Å². The Morgan fingerprint density at radius 2 is 1.65 bits per heavy atom. The highest BCUT2D eigenvalue weighted by Crippen LogP contribution is 2.35. The van der Waals surface area contributed by atoms with Crippen LogP contribution in [0.3, 0.4) is 0 Å². The minimum Gasteiger partial charge on any atom is -0.481 e. The second kappa shape index (κ2) is 4.99. The molecule has 4 nitrogen and oxygen atoms in total. The number of carbonyl (C=O) groups is 2. The summed E-state index contributed by atoms with van der Waals surface area (Å²) in [7, 11) is 0. The van der Waals surface area contributed by atoms with Crippen LogP contribution in [-0.4, -0.2) is 22.2 Å². The lowest BCUT2D eigenvalue weighted by Gasteiger charge is -2.32. The molecule has 17 heavy (non-hydrogen) atoms. The van der Waals surface area contributed by atoms with Gasteiger partial charge in [0.2, 0.25) is 0 Å². The summed E-state index contributed by atoms with van der Waals surface area (Å²) >= 11 is 0. The predicted molar refractivity (Wildman–Crippen MR) is 62.8 cm³/mol. The molecule has 1 aromatic rings. The average molecular weight is 236 g/mol. The first-order valence-electron chi connectivity index (χ1n) is 5.44. The van der Waals surface area contributed by atoms with E-state index in [9.17, 15) is 9.59 Å². The molecule has 0 bridgehead atoms. The van der Waals surface area contributed by atoms with Crippen LogP contribution in [0.1, 0.15) is 25.8 Å². The minimum atomic E-state index is -1.44. The van der Waals surface area contributed by atoms with Crippen molar-refractivity contribution in [3.8, 4) is 0 Å². The van der Waals surface area contributed by atoms with E-state index in [1.165, 1.54) is 0 Å². The third-order valence-corrected chi connectivity index (χ3v) is 3.30. The highest BCUT2D eigenvalue weighted by atomic mass is 16.4. The van der Waals surface area contributed by atoms with Crippen LogP contribution >= 0.6 is 0 Å². The summed E-state index contributed by atoms with van der Waals surface area (Å²) in [5.74, 6) is -4.04. The van der Waals surface area contributed by atoms with Crippen LogP contribution in [0, 0.1) is 5.92 Å². The number of hydrogen-bond donors (Lipinski definition) is 2. The molecule has 0 spiro atoms. The molecule has 1 aromatic carbocycles. The zero-order valence-corrected chi connectivity index (χ0v) is 9.88. The smallest absolute Gasteiger partial charge is 0.318 e. The Morgan fingerprint density at radius 1 is 1.18 bits per heavy atom. The molecule has 0 saturated carbocycles. The maximum atomic E-state index is 11.1. The number of carboxylic acid groups (broad SMARTS) is 2. The largest absolute Gasteiger partial charge is 0.481 e. The third-order valence-electron chi connectivity index (χ3n) is 3.30. The van der Waals surface area contributed by atoms with Crippen LogP contribution < -0.4 is 0 Å². The summed E-state index contributed by atoms with van der Waals surface area (Å²) in [5, 5.41) is 18.2. The monoisotopic (exact) mass is 236 g/mol. The molecule has 0 aromatic heterocycles. The van der Waals surface area contributed by atoms with Gasteiger partial charge in [0.25, 0.3) is 0 Å². The Labute approximate surface area is 99.9 Å². The first kappa shape index (κ1) is 13.2. The van der Waals surface area contributed by atoms with Gasteiger partial charge in [-0.3, -0.25) is 9.59 Å². The van der Waals surface area contributed by atoms with Crippen molar-refractivity contribution in [2.75, 3.05) is 0 Å². The van der Waals surface area contributed by atoms with Gasteiger partial charge in [-0.05, 0) is 12.0 Å². The first-order valence-corrected chi connectivity index (χ1v) is 5.44. The number of benzene rings is 1. The van der Waals surface area contributed by atoms with Gasteiger partial charge in [0, 0.05) is 5.41 Å². The van der Waals surface area contributed by atoms with Crippen LogP contribution in [0.4, 0.5) is 0 Å². The molecule has 0 aliphatic rings. The fourth-order valence-corrected chi connectivity index (χ4v) is 2.04. The normalized spacial score (nSPS) is 14.3. The highest BCUT2D eigenvalue weighted by Gasteiger charge is 2.44. The molecule has 0 heterocycles. The molecular formula is C13H16O4. The average Bonchev–Trinajstić information content (AvgIpc) is 2.29. The topological polar surface area (TPSA) is 74.6 Å². The third kappa shape index (κ3) is 2.46. The van der Waals surface area contributed by atoms with Crippen LogP contribution in [0.25, 0.3) is 0 Å². The van der Waals surface area contributed by atoms with Gasteiger partial charge in [-0.2, -0.15) is 0 Å². The van der Waals surface area contributed by atoms with E-state index in [0.717, 1.165) is 5.56 Å². The molecule has 0 amide bonds. The van der Waals surface area contributed by atoms with Crippen molar-refractivity contribution in [1.82, 2.24) is 0 Å². The molecule has 1 atom stereocenters. The van der Waals surface area contributed by atoms with E-state index in [2.05, 4.69) is 0 Å². The second-order valence-corrected chi connectivity index (χ2v) is 4.25. The zero-order chi connectivity index (χ0) is 13.1. The molecule has 0 saturated heterocycles. The summed E-state index contributed by atoms with van der Waals surface area (Å²) in [6.07, 6.45) is 0.445. The lowest BCUT2D eigenvalue weighted by atomic mass is 9.70. The predicted octanol–water partition coefficient (Wildman–Crippen LogP) is 2.14. The Kier molecular flexibility index (Phi) is 3.89. The Morgan fingerprint density at radius 3 is 2.00 bits per heavy atom. The van der Waals surface area contributed by atoms with Crippen molar-refractivity contribution in [1.29, 1.82) is 0 Å². The van der Waals surface area contributed by atoms with E-state index in [1.54, 1.807) is 38.1 Å². The van der Waals surface area contributed by atoms with Gasteiger partial charge in [-0.1, -0.05) is 44.2 Å². The Balaban J connectivity index is 3.28. The number of aliphatic carboxylic acids is 2. The summed E-state index contributed by atoms with van der Waals surface area (Å²) < 4.78 is 0. The molecule has 92 valence electrons. The zero-order valence-electron chi connectivity index (χ0n) is 9.88. The van der Waals surface area contributed by atoms with Gasteiger partial charge in [-0.15, -0.1) is 0 Å². The van der Waals surface area contributed by atoms with Crippen molar-refractivity contribution < 1.29 is 19.8 Å². The molecule has 0 radical (unpaired) electrons. The van der Waals surface area contributed by atoms with E-state index < -0.39 is 23.3 Å². The SMILES string of the molecule is CCC(C)(c1ccccc1)C(C(=O)O)C(=O)O. The fourth-order valence-electron chi connectivity index (χ4n) is 2.04. The van der Waals surface area contributed by atoms with Gasteiger partial charge >= 0.3 is 11.9 Å². The first-order chi connectivity index (χ1) is 7.93. The van der Waals surface area contributed by atoms with Crippen molar-refractivity contribution in [2.24, 2.45) is 5.92 Å². The van der Waals surface area contributed by atoms with Gasteiger partial charge in [-0.25, -0.2) is 0 Å². The molecule has 0 aliphatic carbocycles. The number of rotatable bonds is 5. The van der Waals surface area contributed by atoms with E-state index >= 15 is 0 Å². The number of carboxylic acids is 2. The van der Waals surface area contributed by atoms with Crippen molar-refractivity contribution in [3.63, 3.8) is 0 Å². The maximum Gasteiger partial charge on any atom is 0.318 e. The minimum absolute atomic E-state index is 0.445. The number of hydrogen-bond acceptors (Lipinski definition) is 2. The molecule has 1 unspecified atom stereocenters.